The van der Waals surface area contributed by atoms with Crippen molar-refractivity contribution in [3.8, 4) is 0 Å². The summed E-state index contributed by atoms with van der Waals surface area (Å²) in [6, 6.07) is 4.54. The Balaban J connectivity index is 1.88. The van der Waals surface area contributed by atoms with Gasteiger partial charge in [-0.2, -0.15) is 0 Å². The predicted molar refractivity (Wildman–Crippen MR) is 79.5 cm³/mol. The molecule has 1 aliphatic rings. The molecule has 2 rings (SSSR count). The topological polar surface area (TPSA) is 87.5 Å². The van der Waals surface area contributed by atoms with E-state index in [1.165, 1.54) is 6.07 Å². The van der Waals surface area contributed by atoms with Gasteiger partial charge in [-0.25, -0.2) is 0 Å². The predicted octanol–water partition coefficient (Wildman–Crippen LogP) is 0.538. The smallest absolute Gasteiger partial charge is 0.273 e. The van der Waals surface area contributed by atoms with Crippen LogP contribution >= 0.6 is 0 Å². The fourth-order valence-electron chi connectivity index (χ4n) is 2.31. The highest BCUT2D eigenvalue weighted by Gasteiger charge is 2.15. The largest absolute Gasteiger partial charge is 0.351 e. The highest BCUT2D eigenvalue weighted by molar-refractivity contribution is 5.94. The summed E-state index contributed by atoms with van der Waals surface area (Å²) >= 11 is 0. The summed E-state index contributed by atoms with van der Waals surface area (Å²) in [5.41, 5.74) is 0.856. The van der Waals surface area contributed by atoms with Crippen LogP contribution in [-0.4, -0.2) is 55.0 Å². The summed E-state index contributed by atoms with van der Waals surface area (Å²) in [5, 5.41) is 17.0. The summed E-state index contributed by atoms with van der Waals surface area (Å²) in [6.07, 6.45) is 0. The fraction of sp³-hybridized carbons (Fsp3) is 0.500. The zero-order valence-corrected chi connectivity index (χ0v) is 12.1. The number of rotatable bonds is 5. The number of aryl methyl sites for hydroxylation is 1. The molecular weight excluding hydrogens is 272 g/mol. The van der Waals surface area contributed by atoms with E-state index in [1.54, 1.807) is 19.1 Å². The first-order valence-corrected chi connectivity index (χ1v) is 7.04. The van der Waals surface area contributed by atoms with Gasteiger partial charge in [0.05, 0.1) is 4.92 Å². The third-order valence-corrected chi connectivity index (χ3v) is 3.59. The Morgan fingerprint density at radius 2 is 2.14 bits per heavy atom. The molecule has 0 unspecified atom stereocenters. The molecule has 7 nitrogen and oxygen atoms in total. The Kier molecular flexibility index (Phi) is 5.24. The maximum atomic E-state index is 12.0. The molecule has 0 aliphatic carbocycles. The fourth-order valence-corrected chi connectivity index (χ4v) is 2.31. The average molecular weight is 292 g/mol. The zero-order valence-electron chi connectivity index (χ0n) is 12.1. The molecule has 1 heterocycles. The summed E-state index contributed by atoms with van der Waals surface area (Å²) in [7, 11) is 0. The number of hydrogen-bond donors (Lipinski definition) is 2. The van der Waals surface area contributed by atoms with Crippen LogP contribution in [0, 0.1) is 17.0 Å². The summed E-state index contributed by atoms with van der Waals surface area (Å²) in [4.78, 5) is 24.7. The van der Waals surface area contributed by atoms with Crippen LogP contribution < -0.4 is 10.6 Å². The first-order valence-electron chi connectivity index (χ1n) is 7.04. The van der Waals surface area contributed by atoms with Crippen molar-refractivity contribution in [3.63, 3.8) is 0 Å². The van der Waals surface area contributed by atoms with Crippen LogP contribution in [0.5, 0.6) is 0 Å². The van der Waals surface area contributed by atoms with Crippen molar-refractivity contribution in [1.82, 2.24) is 15.5 Å². The number of carbonyl (C=O) groups excluding carboxylic acids is 1. The monoisotopic (exact) mass is 292 g/mol. The molecule has 114 valence electrons. The van der Waals surface area contributed by atoms with Crippen molar-refractivity contribution in [3.05, 3.63) is 39.4 Å². The van der Waals surface area contributed by atoms with Gasteiger partial charge in [-0.3, -0.25) is 19.8 Å². The number of hydrogen-bond acceptors (Lipinski definition) is 5. The molecule has 0 atom stereocenters. The first-order chi connectivity index (χ1) is 10.1. The third-order valence-electron chi connectivity index (χ3n) is 3.59. The Morgan fingerprint density at radius 1 is 1.43 bits per heavy atom. The Morgan fingerprint density at radius 3 is 2.81 bits per heavy atom. The molecule has 1 amide bonds. The quantitative estimate of drug-likeness (QED) is 0.611. The van der Waals surface area contributed by atoms with E-state index in [2.05, 4.69) is 15.5 Å². The Hall–Kier alpha value is -1.99. The number of benzene rings is 1. The molecule has 7 heteroatoms. The zero-order chi connectivity index (χ0) is 15.2. The highest BCUT2D eigenvalue weighted by Crippen LogP contribution is 2.19. The summed E-state index contributed by atoms with van der Waals surface area (Å²) in [5.74, 6) is -0.270. The van der Waals surface area contributed by atoms with Gasteiger partial charge in [0.1, 0.15) is 0 Å². The molecule has 0 spiro atoms. The van der Waals surface area contributed by atoms with Crippen molar-refractivity contribution >= 4 is 11.6 Å². The SMILES string of the molecule is Cc1ccc(C(=O)NCCN2CCNCC2)cc1[N+](=O)[O-]. The average Bonchev–Trinajstić information content (AvgIpc) is 2.48. The number of piperazine rings is 1. The van der Waals surface area contributed by atoms with E-state index in [0.29, 0.717) is 17.7 Å². The van der Waals surface area contributed by atoms with Gasteiger partial charge < -0.3 is 10.6 Å². The number of nitrogens with zero attached hydrogens (tertiary/aromatic N) is 2. The van der Waals surface area contributed by atoms with Gasteiger partial charge in [-0.15, -0.1) is 0 Å². The highest BCUT2D eigenvalue weighted by atomic mass is 16.6. The van der Waals surface area contributed by atoms with Crippen LogP contribution in [0.15, 0.2) is 18.2 Å². The maximum absolute atomic E-state index is 12.0. The minimum absolute atomic E-state index is 0.0234. The molecule has 1 aliphatic heterocycles. The van der Waals surface area contributed by atoms with Crippen LogP contribution in [0.25, 0.3) is 0 Å². The molecule has 0 aromatic heterocycles. The standard InChI is InChI=1S/C14H20N4O3/c1-11-2-3-12(10-13(11)18(20)21)14(19)16-6-9-17-7-4-15-5-8-17/h2-3,10,15H,4-9H2,1H3,(H,16,19). The lowest BCUT2D eigenvalue weighted by Crippen LogP contribution is -2.46. The second-order valence-electron chi connectivity index (χ2n) is 5.11. The van der Waals surface area contributed by atoms with E-state index in [4.69, 9.17) is 0 Å². The number of amides is 1. The van der Waals surface area contributed by atoms with Crippen LogP contribution in [0.1, 0.15) is 15.9 Å². The van der Waals surface area contributed by atoms with Gasteiger partial charge in [0.15, 0.2) is 0 Å². The van der Waals surface area contributed by atoms with E-state index in [1.807, 2.05) is 0 Å². The van der Waals surface area contributed by atoms with E-state index < -0.39 is 4.92 Å². The molecule has 0 saturated carbocycles. The van der Waals surface area contributed by atoms with Crippen molar-refractivity contribution in [2.24, 2.45) is 0 Å². The molecule has 1 aromatic rings. The van der Waals surface area contributed by atoms with Crippen molar-refractivity contribution in [2.75, 3.05) is 39.3 Å². The van der Waals surface area contributed by atoms with Gasteiger partial charge in [0.25, 0.3) is 11.6 Å². The second-order valence-corrected chi connectivity index (χ2v) is 5.11. The van der Waals surface area contributed by atoms with Gasteiger partial charge >= 0.3 is 0 Å². The molecule has 1 fully saturated rings. The maximum Gasteiger partial charge on any atom is 0.273 e. The molecular formula is C14H20N4O3. The molecule has 0 bridgehead atoms. The Labute approximate surface area is 123 Å². The van der Waals surface area contributed by atoms with Crippen LogP contribution in [0.4, 0.5) is 5.69 Å². The van der Waals surface area contributed by atoms with Crippen LogP contribution in [0.2, 0.25) is 0 Å². The molecule has 1 aromatic carbocycles. The van der Waals surface area contributed by atoms with Crippen LogP contribution in [-0.2, 0) is 0 Å². The Bertz CT molecular complexity index is 527. The van der Waals surface area contributed by atoms with E-state index in [9.17, 15) is 14.9 Å². The van der Waals surface area contributed by atoms with Crippen LogP contribution in [0.3, 0.4) is 0 Å². The second kappa shape index (κ2) is 7.14. The van der Waals surface area contributed by atoms with E-state index in [0.717, 1.165) is 32.7 Å². The van der Waals surface area contributed by atoms with Gasteiger partial charge in [0, 0.05) is 56.5 Å². The molecule has 1 saturated heterocycles. The lowest BCUT2D eigenvalue weighted by atomic mass is 10.1. The van der Waals surface area contributed by atoms with E-state index >= 15 is 0 Å². The normalized spacial score (nSPS) is 15.7. The molecule has 0 radical (unpaired) electrons. The van der Waals surface area contributed by atoms with Gasteiger partial charge in [-0.1, -0.05) is 6.07 Å². The van der Waals surface area contributed by atoms with Crippen molar-refractivity contribution < 1.29 is 9.72 Å². The first kappa shape index (κ1) is 15.4. The molecule has 2 N–H and O–H groups in total. The number of nitrogens with one attached hydrogen (secondary N) is 2. The van der Waals surface area contributed by atoms with Crippen molar-refractivity contribution in [2.45, 2.75) is 6.92 Å². The molecule has 21 heavy (non-hydrogen) atoms. The summed E-state index contributed by atoms with van der Waals surface area (Å²) in [6.45, 7) is 6.89. The number of carbonyl (C=O) groups is 1. The van der Waals surface area contributed by atoms with E-state index in [-0.39, 0.29) is 11.6 Å². The number of nitro groups is 1. The number of nitro benzene ring substituents is 1. The lowest BCUT2D eigenvalue weighted by molar-refractivity contribution is -0.385. The minimum atomic E-state index is -0.465. The minimum Gasteiger partial charge on any atom is -0.351 e. The van der Waals surface area contributed by atoms with Gasteiger partial charge in [-0.05, 0) is 13.0 Å². The summed E-state index contributed by atoms with van der Waals surface area (Å²) < 4.78 is 0. The van der Waals surface area contributed by atoms with Crippen molar-refractivity contribution in [1.29, 1.82) is 0 Å². The van der Waals surface area contributed by atoms with Gasteiger partial charge in [0.2, 0.25) is 0 Å². The lowest BCUT2D eigenvalue weighted by Gasteiger charge is -2.27. The third kappa shape index (κ3) is 4.24.